The monoisotopic (exact) mass is 277 g/mol. The van der Waals surface area contributed by atoms with Gasteiger partial charge in [-0.3, -0.25) is 0 Å². The summed E-state index contributed by atoms with van der Waals surface area (Å²) in [7, 11) is -3.35. The first-order valence-corrected chi connectivity index (χ1v) is 8.32. The molecule has 1 rings (SSSR count). The summed E-state index contributed by atoms with van der Waals surface area (Å²) < 4.78 is 28.8. The zero-order valence-electron chi connectivity index (χ0n) is 11.7. The van der Waals surface area contributed by atoms with Crippen molar-refractivity contribution in [1.29, 1.82) is 0 Å². The fourth-order valence-corrected chi connectivity index (χ4v) is 3.84. The molecular weight excluding hydrogens is 250 g/mol. The van der Waals surface area contributed by atoms with Gasteiger partial charge in [-0.15, -0.1) is 0 Å². The second-order valence-electron chi connectivity index (χ2n) is 5.40. The standard InChI is InChI=1S/C12H27N3O2S/c1-4-10(2)11(3)14-18(16,17)15-7-5-6-12(8-13)9-15/h10-12,14H,4-9,13H2,1-3H3. The molecule has 3 N–H and O–H groups in total. The maximum Gasteiger partial charge on any atom is 0.279 e. The van der Waals surface area contributed by atoms with Gasteiger partial charge in [0.2, 0.25) is 0 Å². The second-order valence-corrected chi connectivity index (χ2v) is 7.10. The van der Waals surface area contributed by atoms with E-state index in [0.717, 1.165) is 19.3 Å². The zero-order valence-corrected chi connectivity index (χ0v) is 12.5. The van der Waals surface area contributed by atoms with E-state index in [4.69, 9.17) is 5.73 Å². The average molecular weight is 277 g/mol. The van der Waals surface area contributed by atoms with Gasteiger partial charge >= 0.3 is 0 Å². The van der Waals surface area contributed by atoms with E-state index >= 15 is 0 Å². The Kier molecular flexibility index (Phi) is 6.04. The Morgan fingerprint density at radius 1 is 1.44 bits per heavy atom. The zero-order chi connectivity index (χ0) is 13.8. The largest absolute Gasteiger partial charge is 0.330 e. The molecule has 1 saturated heterocycles. The van der Waals surface area contributed by atoms with Gasteiger partial charge in [-0.25, -0.2) is 0 Å². The highest BCUT2D eigenvalue weighted by atomic mass is 32.2. The number of nitrogens with zero attached hydrogens (tertiary/aromatic N) is 1. The van der Waals surface area contributed by atoms with E-state index in [1.807, 2.05) is 6.92 Å². The lowest BCUT2D eigenvalue weighted by atomic mass is 10.0. The number of hydrogen-bond donors (Lipinski definition) is 2. The minimum Gasteiger partial charge on any atom is -0.330 e. The summed E-state index contributed by atoms with van der Waals surface area (Å²) in [6, 6.07) is -0.0294. The van der Waals surface area contributed by atoms with Crippen molar-refractivity contribution in [3.05, 3.63) is 0 Å². The van der Waals surface area contributed by atoms with E-state index in [0.29, 0.717) is 31.5 Å². The smallest absolute Gasteiger partial charge is 0.279 e. The molecular formula is C12H27N3O2S. The van der Waals surface area contributed by atoms with Gasteiger partial charge in [0.1, 0.15) is 0 Å². The van der Waals surface area contributed by atoms with Crippen molar-refractivity contribution < 1.29 is 8.42 Å². The van der Waals surface area contributed by atoms with Gasteiger partial charge in [0.25, 0.3) is 10.2 Å². The Hall–Kier alpha value is -0.170. The summed E-state index contributed by atoms with van der Waals surface area (Å²) in [5, 5.41) is 0. The first-order chi connectivity index (χ1) is 8.40. The predicted octanol–water partition coefficient (Wildman–Crippen LogP) is 0.926. The van der Waals surface area contributed by atoms with Gasteiger partial charge in [-0.05, 0) is 38.1 Å². The quantitative estimate of drug-likeness (QED) is 0.758. The van der Waals surface area contributed by atoms with Crippen molar-refractivity contribution in [2.45, 2.75) is 46.1 Å². The predicted molar refractivity (Wildman–Crippen MR) is 74.3 cm³/mol. The van der Waals surface area contributed by atoms with Crippen molar-refractivity contribution in [2.24, 2.45) is 17.6 Å². The van der Waals surface area contributed by atoms with Crippen molar-refractivity contribution >= 4 is 10.2 Å². The van der Waals surface area contributed by atoms with Crippen LogP contribution in [0.4, 0.5) is 0 Å². The van der Waals surface area contributed by atoms with Crippen LogP contribution in [0.3, 0.4) is 0 Å². The summed E-state index contributed by atoms with van der Waals surface area (Å²) in [5.41, 5.74) is 5.64. The highest BCUT2D eigenvalue weighted by Gasteiger charge is 2.29. The molecule has 0 amide bonds. The molecule has 18 heavy (non-hydrogen) atoms. The molecule has 0 bridgehead atoms. The molecule has 0 aromatic rings. The van der Waals surface area contributed by atoms with Gasteiger partial charge in [0, 0.05) is 19.1 Å². The van der Waals surface area contributed by atoms with Gasteiger partial charge < -0.3 is 5.73 Å². The van der Waals surface area contributed by atoms with Crippen LogP contribution in [-0.4, -0.2) is 38.4 Å². The Balaban J connectivity index is 2.62. The number of rotatable bonds is 6. The average Bonchev–Trinajstić information content (AvgIpc) is 2.37. The number of piperidine rings is 1. The highest BCUT2D eigenvalue weighted by molar-refractivity contribution is 7.87. The van der Waals surface area contributed by atoms with E-state index in [-0.39, 0.29) is 6.04 Å². The van der Waals surface area contributed by atoms with E-state index in [1.54, 1.807) is 4.31 Å². The molecule has 0 aliphatic carbocycles. The van der Waals surface area contributed by atoms with Crippen molar-refractivity contribution in [3.8, 4) is 0 Å². The van der Waals surface area contributed by atoms with E-state index < -0.39 is 10.2 Å². The van der Waals surface area contributed by atoms with Crippen LogP contribution < -0.4 is 10.5 Å². The summed E-state index contributed by atoms with van der Waals surface area (Å²) >= 11 is 0. The lowest BCUT2D eigenvalue weighted by molar-refractivity contribution is 0.265. The molecule has 1 fully saturated rings. The summed E-state index contributed by atoms with van der Waals surface area (Å²) in [5.74, 6) is 0.643. The molecule has 1 heterocycles. The number of nitrogens with one attached hydrogen (secondary N) is 1. The molecule has 1 aliphatic heterocycles. The minimum atomic E-state index is -3.35. The molecule has 0 aromatic carbocycles. The normalized spacial score (nSPS) is 25.9. The molecule has 0 radical (unpaired) electrons. The first-order valence-electron chi connectivity index (χ1n) is 6.88. The topological polar surface area (TPSA) is 75.4 Å². The maximum absolute atomic E-state index is 12.3. The molecule has 3 unspecified atom stereocenters. The van der Waals surface area contributed by atoms with Crippen LogP contribution in [0.2, 0.25) is 0 Å². The third-order valence-corrected chi connectivity index (χ3v) is 5.67. The van der Waals surface area contributed by atoms with Crippen LogP contribution in [-0.2, 0) is 10.2 Å². The first kappa shape index (κ1) is 15.9. The van der Waals surface area contributed by atoms with Gasteiger partial charge in [-0.1, -0.05) is 20.3 Å². The summed E-state index contributed by atoms with van der Waals surface area (Å²) in [4.78, 5) is 0. The van der Waals surface area contributed by atoms with Gasteiger partial charge in [0.15, 0.2) is 0 Å². The molecule has 1 aliphatic rings. The second kappa shape index (κ2) is 6.84. The van der Waals surface area contributed by atoms with Crippen LogP contribution in [0.5, 0.6) is 0 Å². The minimum absolute atomic E-state index is 0.0294. The SMILES string of the molecule is CCC(C)C(C)NS(=O)(=O)N1CCCC(CN)C1. The summed E-state index contributed by atoms with van der Waals surface area (Å²) in [6.07, 6.45) is 2.90. The van der Waals surface area contributed by atoms with Crippen LogP contribution >= 0.6 is 0 Å². The summed E-state index contributed by atoms with van der Waals surface area (Å²) in [6.45, 7) is 7.79. The molecule has 108 valence electrons. The molecule has 0 saturated carbocycles. The van der Waals surface area contributed by atoms with Crippen molar-refractivity contribution in [2.75, 3.05) is 19.6 Å². The van der Waals surface area contributed by atoms with E-state index in [1.165, 1.54) is 0 Å². The molecule has 0 spiro atoms. The Labute approximate surface area is 111 Å². The number of hydrogen-bond acceptors (Lipinski definition) is 3. The lowest BCUT2D eigenvalue weighted by Gasteiger charge is -2.32. The third kappa shape index (κ3) is 4.19. The molecule has 5 nitrogen and oxygen atoms in total. The van der Waals surface area contributed by atoms with Crippen LogP contribution in [0, 0.1) is 11.8 Å². The van der Waals surface area contributed by atoms with Crippen molar-refractivity contribution in [3.63, 3.8) is 0 Å². The Morgan fingerprint density at radius 2 is 2.11 bits per heavy atom. The van der Waals surface area contributed by atoms with Crippen LogP contribution in [0.25, 0.3) is 0 Å². The molecule has 3 atom stereocenters. The third-order valence-electron chi connectivity index (χ3n) is 3.99. The highest BCUT2D eigenvalue weighted by Crippen LogP contribution is 2.18. The van der Waals surface area contributed by atoms with Gasteiger partial charge in [-0.2, -0.15) is 17.4 Å². The van der Waals surface area contributed by atoms with Crippen LogP contribution in [0.15, 0.2) is 0 Å². The van der Waals surface area contributed by atoms with E-state index in [2.05, 4.69) is 18.6 Å². The van der Waals surface area contributed by atoms with E-state index in [9.17, 15) is 8.42 Å². The fourth-order valence-electron chi connectivity index (χ4n) is 2.22. The van der Waals surface area contributed by atoms with Gasteiger partial charge in [0.05, 0.1) is 0 Å². The van der Waals surface area contributed by atoms with Crippen LogP contribution in [0.1, 0.15) is 40.0 Å². The fraction of sp³-hybridized carbons (Fsp3) is 1.00. The molecule has 6 heteroatoms. The Bertz CT molecular complexity index is 345. The lowest BCUT2D eigenvalue weighted by Crippen LogP contribution is -2.50. The number of nitrogens with two attached hydrogens (primary N) is 1. The molecule has 0 aromatic heterocycles. The Morgan fingerprint density at radius 3 is 2.67 bits per heavy atom. The maximum atomic E-state index is 12.3. The van der Waals surface area contributed by atoms with Crippen molar-refractivity contribution in [1.82, 2.24) is 9.03 Å².